The van der Waals surface area contributed by atoms with Gasteiger partial charge in [-0.2, -0.15) is 0 Å². The number of phenols is 2. The van der Waals surface area contributed by atoms with Gasteiger partial charge in [-0.15, -0.1) is 0 Å². The number of morpholine rings is 1. The number of hydrogen-bond donors (Lipinski definition) is 2. The maximum Gasteiger partial charge on any atom is 0.120 e. The van der Waals surface area contributed by atoms with E-state index in [-0.39, 0.29) is 5.41 Å². The van der Waals surface area contributed by atoms with Crippen molar-refractivity contribution in [2.24, 2.45) is 0 Å². The molecule has 0 saturated carbocycles. The molecule has 2 fully saturated rings. The molecular weight excluding hydrogens is 388 g/mol. The standard InChI is InChI=1S/C26H36N2O3/c1-26(2,22-6-8-24(29)20(16-22)18-27-10-4-3-5-11-27)23-7-9-25(30)21(17-23)19-28-12-14-31-15-13-28/h6-9,16-17,29-30H,3-5,10-15,18-19H2,1-2H3. The van der Waals surface area contributed by atoms with E-state index in [1.165, 1.54) is 30.4 Å². The van der Waals surface area contributed by atoms with Crippen LogP contribution in [-0.4, -0.2) is 59.4 Å². The van der Waals surface area contributed by atoms with Crippen molar-refractivity contribution in [3.8, 4) is 11.5 Å². The minimum Gasteiger partial charge on any atom is -0.508 e. The van der Waals surface area contributed by atoms with E-state index in [0.717, 1.165) is 63.6 Å². The van der Waals surface area contributed by atoms with Crippen LogP contribution >= 0.6 is 0 Å². The van der Waals surface area contributed by atoms with Gasteiger partial charge in [0, 0.05) is 42.7 Å². The lowest BCUT2D eigenvalue weighted by atomic mass is 9.77. The molecule has 0 bridgehead atoms. The van der Waals surface area contributed by atoms with Gasteiger partial charge in [0.1, 0.15) is 11.5 Å². The number of rotatable bonds is 6. The smallest absolute Gasteiger partial charge is 0.120 e. The quantitative estimate of drug-likeness (QED) is 0.726. The molecule has 5 heteroatoms. The highest BCUT2D eigenvalue weighted by atomic mass is 16.5. The van der Waals surface area contributed by atoms with E-state index in [4.69, 9.17) is 4.74 Å². The molecule has 0 amide bonds. The van der Waals surface area contributed by atoms with Crippen LogP contribution < -0.4 is 0 Å². The zero-order valence-corrected chi connectivity index (χ0v) is 18.9. The van der Waals surface area contributed by atoms with Crippen LogP contribution in [0.25, 0.3) is 0 Å². The Morgan fingerprint density at radius 2 is 1.23 bits per heavy atom. The largest absolute Gasteiger partial charge is 0.508 e. The highest BCUT2D eigenvalue weighted by Crippen LogP contribution is 2.36. The first-order valence-corrected chi connectivity index (χ1v) is 11.6. The second kappa shape index (κ2) is 9.60. The Morgan fingerprint density at radius 3 is 1.74 bits per heavy atom. The van der Waals surface area contributed by atoms with Crippen molar-refractivity contribution < 1.29 is 14.9 Å². The van der Waals surface area contributed by atoms with Crippen LogP contribution in [0.15, 0.2) is 36.4 Å². The summed E-state index contributed by atoms with van der Waals surface area (Å²) in [6.07, 6.45) is 3.79. The molecule has 31 heavy (non-hydrogen) atoms. The number of hydrogen-bond acceptors (Lipinski definition) is 5. The summed E-state index contributed by atoms with van der Waals surface area (Å²) < 4.78 is 5.45. The number of aromatic hydroxyl groups is 2. The molecule has 2 aromatic carbocycles. The first-order chi connectivity index (χ1) is 14.9. The van der Waals surface area contributed by atoms with Crippen molar-refractivity contribution in [3.05, 3.63) is 58.7 Å². The fourth-order valence-corrected chi connectivity index (χ4v) is 4.73. The fraction of sp³-hybridized carbons (Fsp3) is 0.538. The van der Waals surface area contributed by atoms with Gasteiger partial charge in [0.15, 0.2) is 0 Å². The Morgan fingerprint density at radius 1 is 0.742 bits per heavy atom. The van der Waals surface area contributed by atoms with Crippen LogP contribution in [0.5, 0.6) is 11.5 Å². The Bertz CT molecular complexity index is 813. The van der Waals surface area contributed by atoms with Crippen molar-refractivity contribution >= 4 is 0 Å². The van der Waals surface area contributed by atoms with Crippen molar-refractivity contribution in [2.45, 2.75) is 51.6 Å². The third-order valence-corrected chi connectivity index (χ3v) is 6.94. The molecular formula is C26H36N2O3. The summed E-state index contributed by atoms with van der Waals surface area (Å²) >= 11 is 0. The summed E-state index contributed by atoms with van der Waals surface area (Å²) in [7, 11) is 0. The van der Waals surface area contributed by atoms with Gasteiger partial charge in [-0.05, 0) is 61.3 Å². The highest BCUT2D eigenvalue weighted by Gasteiger charge is 2.26. The lowest BCUT2D eigenvalue weighted by Gasteiger charge is -2.30. The van der Waals surface area contributed by atoms with Crippen LogP contribution in [0.4, 0.5) is 0 Å². The predicted octanol–water partition coefficient (Wildman–Crippen LogP) is 4.24. The molecule has 2 aliphatic heterocycles. The molecule has 2 aromatic rings. The lowest BCUT2D eigenvalue weighted by molar-refractivity contribution is 0.0338. The first kappa shape index (κ1) is 22.1. The zero-order valence-electron chi connectivity index (χ0n) is 18.9. The average molecular weight is 425 g/mol. The Kier molecular flexibility index (Phi) is 6.85. The Hall–Kier alpha value is -2.08. The molecule has 168 valence electrons. The van der Waals surface area contributed by atoms with Crippen molar-refractivity contribution in [1.29, 1.82) is 0 Å². The maximum atomic E-state index is 10.5. The van der Waals surface area contributed by atoms with Gasteiger partial charge in [0.25, 0.3) is 0 Å². The predicted molar refractivity (Wildman–Crippen MR) is 124 cm³/mol. The van der Waals surface area contributed by atoms with E-state index in [1.807, 2.05) is 24.3 Å². The van der Waals surface area contributed by atoms with E-state index in [0.29, 0.717) is 11.5 Å². The molecule has 2 N–H and O–H groups in total. The van der Waals surface area contributed by atoms with Crippen LogP contribution in [0.3, 0.4) is 0 Å². The second-order valence-electron chi connectivity index (χ2n) is 9.54. The van der Waals surface area contributed by atoms with Crippen LogP contribution in [0.1, 0.15) is 55.4 Å². The molecule has 0 aromatic heterocycles. The van der Waals surface area contributed by atoms with Gasteiger partial charge in [-0.25, -0.2) is 0 Å². The molecule has 0 spiro atoms. The first-order valence-electron chi connectivity index (χ1n) is 11.6. The SMILES string of the molecule is CC(C)(c1ccc(O)c(CN2CCCCC2)c1)c1ccc(O)c(CN2CCOCC2)c1. The highest BCUT2D eigenvalue weighted by molar-refractivity contribution is 5.47. The normalized spacial score (nSPS) is 18.9. The summed E-state index contributed by atoms with van der Waals surface area (Å²) in [5.74, 6) is 0.728. The molecule has 0 atom stereocenters. The molecule has 4 rings (SSSR count). The molecule has 2 aliphatic rings. The summed E-state index contributed by atoms with van der Waals surface area (Å²) in [4.78, 5) is 4.77. The number of piperidine rings is 1. The van der Waals surface area contributed by atoms with E-state index in [9.17, 15) is 10.2 Å². The lowest BCUT2D eigenvalue weighted by Crippen LogP contribution is -2.35. The molecule has 2 heterocycles. The second-order valence-corrected chi connectivity index (χ2v) is 9.54. The topological polar surface area (TPSA) is 56.2 Å². The van der Waals surface area contributed by atoms with Crippen LogP contribution in [-0.2, 0) is 23.2 Å². The summed E-state index contributed by atoms with van der Waals surface area (Å²) in [6.45, 7) is 11.5. The van der Waals surface area contributed by atoms with Gasteiger partial charge in [-0.3, -0.25) is 9.80 Å². The summed E-state index contributed by atoms with van der Waals surface area (Å²) in [5, 5.41) is 21.0. The fourth-order valence-electron chi connectivity index (χ4n) is 4.73. The third-order valence-electron chi connectivity index (χ3n) is 6.94. The van der Waals surface area contributed by atoms with Gasteiger partial charge >= 0.3 is 0 Å². The van der Waals surface area contributed by atoms with Crippen molar-refractivity contribution in [1.82, 2.24) is 9.80 Å². The number of phenolic OH excluding ortho intramolecular Hbond substituents is 2. The van der Waals surface area contributed by atoms with Gasteiger partial charge in [-0.1, -0.05) is 32.4 Å². The average Bonchev–Trinajstić information content (AvgIpc) is 2.78. The summed E-state index contributed by atoms with van der Waals surface area (Å²) in [6, 6.07) is 12.0. The van der Waals surface area contributed by atoms with Crippen molar-refractivity contribution in [2.75, 3.05) is 39.4 Å². The van der Waals surface area contributed by atoms with Gasteiger partial charge in [0.05, 0.1) is 13.2 Å². The molecule has 2 saturated heterocycles. The molecule has 5 nitrogen and oxygen atoms in total. The Labute approximate surface area is 186 Å². The molecule has 0 aliphatic carbocycles. The molecule has 0 radical (unpaired) electrons. The zero-order chi connectivity index (χ0) is 21.8. The number of ether oxygens (including phenoxy) is 1. The minimum atomic E-state index is -0.238. The van der Waals surface area contributed by atoms with E-state index in [2.05, 4.69) is 35.8 Å². The Balaban J connectivity index is 1.57. The van der Waals surface area contributed by atoms with E-state index < -0.39 is 0 Å². The van der Waals surface area contributed by atoms with E-state index >= 15 is 0 Å². The number of likely N-dealkylation sites (tertiary alicyclic amines) is 1. The number of nitrogens with zero attached hydrogens (tertiary/aromatic N) is 2. The summed E-state index contributed by atoms with van der Waals surface area (Å²) in [5.41, 5.74) is 4.07. The third kappa shape index (κ3) is 5.22. The maximum absolute atomic E-state index is 10.5. The number of benzene rings is 2. The molecule has 0 unspecified atom stereocenters. The monoisotopic (exact) mass is 424 g/mol. The van der Waals surface area contributed by atoms with Crippen LogP contribution in [0.2, 0.25) is 0 Å². The van der Waals surface area contributed by atoms with E-state index in [1.54, 1.807) is 0 Å². The van der Waals surface area contributed by atoms with Gasteiger partial charge in [0.2, 0.25) is 0 Å². The minimum absolute atomic E-state index is 0.238. The van der Waals surface area contributed by atoms with Crippen LogP contribution in [0, 0.1) is 0 Å². The van der Waals surface area contributed by atoms with Gasteiger partial charge < -0.3 is 14.9 Å². The van der Waals surface area contributed by atoms with Crippen molar-refractivity contribution in [3.63, 3.8) is 0 Å².